The second kappa shape index (κ2) is 5.25. The first kappa shape index (κ1) is 14.8. The first-order valence-electron chi connectivity index (χ1n) is 7.54. The Morgan fingerprint density at radius 3 is 2.86 bits per heavy atom. The molecule has 0 radical (unpaired) electrons. The van der Waals surface area contributed by atoms with Crippen molar-refractivity contribution in [3.8, 4) is 0 Å². The number of anilines is 1. The highest BCUT2D eigenvalue weighted by Gasteiger charge is 2.39. The van der Waals surface area contributed by atoms with E-state index in [-0.39, 0.29) is 6.54 Å². The van der Waals surface area contributed by atoms with E-state index in [0.717, 1.165) is 40.7 Å². The summed E-state index contributed by atoms with van der Waals surface area (Å²) in [5.41, 5.74) is 8.07. The Kier molecular flexibility index (Phi) is 3.53. The molecule has 1 aliphatic rings. The van der Waals surface area contributed by atoms with Gasteiger partial charge in [-0.15, -0.1) is 0 Å². The van der Waals surface area contributed by atoms with Gasteiger partial charge in [0.1, 0.15) is 0 Å². The summed E-state index contributed by atoms with van der Waals surface area (Å²) in [6.45, 7) is 5.06. The maximum Gasteiger partial charge on any atom is 0.251 e. The van der Waals surface area contributed by atoms with E-state index in [1.807, 2.05) is 38.2 Å². The Hall–Kier alpha value is -2.14. The minimum Gasteiger partial charge on any atom is -0.378 e. The molecule has 1 atom stereocenters. The number of pyridine rings is 1. The molecule has 0 spiro atoms. The molecule has 1 aromatic heterocycles. The Bertz CT molecular complexity index is 744. The van der Waals surface area contributed by atoms with Crippen molar-refractivity contribution < 1.29 is 9.90 Å². The molecule has 5 nitrogen and oxygen atoms in total. The van der Waals surface area contributed by atoms with Gasteiger partial charge in [0.2, 0.25) is 0 Å². The molecule has 5 heteroatoms. The van der Waals surface area contributed by atoms with Crippen molar-refractivity contribution >= 4 is 22.5 Å². The summed E-state index contributed by atoms with van der Waals surface area (Å²) in [7, 11) is 0. The highest BCUT2D eigenvalue weighted by atomic mass is 16.3. The van der Waals surface area contributed by atoms with E-state index >= 15 is 0 Å². The van der Waals surface area contributed by atoms with Crippen LogP contribution < -0.4 is 10.6 Å². The van der Waals surface area contributed by atoms with Crippen LogP contribution in [0.25, 0.3) is 10.9 Å². The van der Waals surface area contributed by atoms with Crippen LogP contribution in [0.1, 0.15) is 24.0 Å². The molecule has 1 aromatic carbocycles. The van der Waals surface area contributed by atoms with Gasteiger partial charge in [-0.1, -0.05) is 18.2 Å². The molecular formula is C17H21N3O2. The number of aryl methyl sites for hydroxylation is 2. The van der Waals surface area contributed by atoms with Crippen LogP contribution in [0.3, 0.4) is 0 Å². The molecule has 22 heavy (non-hydrogen) atoms. The third-order valence-electron chi connectivity index (χ3n) is 4.50. The fourth-order valence-corrected chi connectivity index (χ4v) is 3.30. The molecule has 1 amide bonds. The van der Waals surface area contributed by atoms with Crippen LogP contribution in [0, 0.1) is 13.8 Å². The standard InChI is InChI=1S/C17H21N3O2/c1-11-5-3-6-13-14(11)19-9-12(2)15(13)20-8-4-7-17(22,10-20)16(18)21/h3,5-6,9,22H,4,7-8,10H2,1-2H3,(H2,18,21)/t17-/m0/s1. The van der Waals surface area contributed by atoms with Crippen LogP contribution in [0.5, 0.6) is 0 Å². The zero-order chi connectivity index (χ0) is 15.9. The van der Waals surface area contributed by atoms with E-state index in [2.05, 4.69) is 9.88 Å². The van der Waals surface area contributed by atoms with E-state index in [1.165, 1.54) is 0 Å². The van der Waals surface area contributed by atoms with Gasteiger partial charge in [0.25, 0.3) is 5.91 Å². The van der Waals surface area contributed by atoms with Crippen LogP contribution in [-0.4, -0.2) is 34.7 Å². The molecule has 1 fully saturated rings. The highest BCUT2D eigenvalue weighted by molar-refractivity contribution is 5.95. The SMILES string of the molecule is Cc1cnc2c(C)cccc2c1N1CCC[C@@](O)(C(N)=O)C1. The number of β-amino-alcohol motifs (C(OH)–C–C–N with tert-alkyl or cyclic N) is 1. The zero-order valence-corrected chi connectivity index (χ0v) is 13.0. The van der Waals surface area contributed by atoms with E-state index in [9.17, 15) is 9.90 Å². The summed E-state index contributed by atoms with van der Waals surface area (Å²) in [5, 5.41) is 11.5. The minimum atomic E-state index is -1.45. The second-order valence-electron chi connectivity index (χ2n) is 6.18. The van der Waals surface area contributed by atoms with Crippen molar-refractivity contribution in [1.82, 2.24) is 4.98 Å². The lowest BCUT2D eigenvalue weighted by Gasteiger charge is -2.39. The number of aromatic nitrogens is 1. The lowest BCUT2D eigenvalue weighted by Crippen LogP contribution is -2.56. The van der Waals surface area contributed by atoms with E-state index < -0.39 is 11.5 Å². The number of hydrogen-bond acceptors (Lipinski definition) is 4. The van der Waals surface area contributed by atoms with Gasteiger partial charge in [0.05, 0.1) is 17.7 Å². The van der Waals surface area contributed by atoms with Gasteiger partial charge < -0.3 is 15.7 Å². The Labute approximate surface area is 129 Å². The molecule has 3 rings (SSSR count). The molecule has 0 unspecified atom stereocenters. The quantitative estimate of drug-likeness (QED) is 0.884. The number of aliphatic hydroxyl groups is 1. The first-order chi connectivity index (χ1) is 10.4. The average Bonchev–Trinajstić information content (AvgIpc) is 2.47. The molecule has 2 aromatic rings. The van der Waals surface area contributed by atoms with E-state index in [0.29, 0.717) is 6.42 Å². The van der Waals surface area contributed by atoms with Crippen LogP contribution in [0.2, 0.25) is 0 Å². The number of benzene rings is 1. The van der Waals surface area contributed by atoms with Gasteiger partial charge in [-0.3, -0.25) is 9.78 Å². The molecule has 1 saturated heterocycles. The van der Waals surface area contributed by atoms with Crippen molar-refractivity contribution in [2.45, 2.75) is 32.3 Å². The monoisotopic (exact) mass is 299 g/mol. The molecule has 1 aliphatic heterocycles. The summed E-state index contributed by atoms with van der Waals surface area (Å²) in [6.07, 6.45) is 3.00. The van der Waals surface area contributed by atoms with E-state index in [4.69, 9.17) is 5.73 Å². The second-order valence-corrected chi connectivity index (χ2v) is 6.18. The van der Waals surface area contributed by atoms with Gasteiger partial charge in [0.15, 0.2) is 5.60 Å². The largest absolute Gasteiger partial charge is 0.378 e. The van der Waals surface area contributed by atoms with Gasteiger partial charge in [-0.2, -0.15) is 0 Å². The Balaban J connectivity index is 2.12. The number of nitrogens with two attached hydrogens (primary N) is 1. The number of primary amides is 1. The number of rotatable bonds is 2. The lowest BCUT2D eigenvalue weighted by molar-refractivity contribution is -0.137. The fraction of sp³-hybridized carbons (Fsp3) is 0.412. The Morgan fingerprint density at radius 2 is 2.14 bits per heavy atom. The normalized spacial score (nSPS) is 22.0. The van der Waals surface area contributed by atoms with Crippen molar-refractivity contribution in [3.05, 3.63) is 35.5 Å². The number of carbonyl (C=O) groups excluding carboxylic acids is 1. The average molecular weight is 299 g/mol. The molecular weight excluding hydrogens is 278 g/mol. The van der Waals surface area contributed by atoms with Crippen molar-refractivity contribution in [2.24, 2.45) is 5.73 Å². The van der Waals surface area contributed by atoms with Crippen LogP contribution in [-0.2, 0) is 4.79 Å². The van der Waals surface area contributed by atoms with Gasteiger partial charge in [0, 0.05) is 18.1 Å². The zero-order valence-electron chi connectivity index (χ0n) is 13.0. The predicted molar refractivity (Wildman–Crippen MR) is 86.8 cm³/mol. The maximum atomic E-state index is 11.6. The van der Waals surface area contributed by atoms with Crippen LogP contribution in [0.15, 0.2) is 24.4 Å². The number of para-hydroxylation sites is 1. The number of amides is 1. The van der Waals surface area contributed by atoms with Gasteiger partial charge in [-0.05, 0) is 37.8 Å². The minimum absolute atomic E-state index is 0.232. The van der Waals surface area contributed by atoms with Gasteiger partial charge in [-0.25, -0.2) is 0 Å². The summed E-state index contributed by atoms with van der Waals surface area (Å²) < 4.78 is 0. The molecule has 2 heterocycles. The number of piperidine rings is 1. The van der Waals surface area contributed by atoms with E-state index in [1.54, 1.807) is 0 Å². The van der Waals surface area contributed by atoms with Crippen LogP contribution >= 0.6 is 0 Å². The number of nitrogens with zero attached hydrogens (tertiary/aromatic N) is 2. The highest BCUT2D eigenvalue weighted by Crippen LogP contribution is 2.34. The topological polar surface area (TPSA) is 79.4 Å². The molecule has 0 bridgehead atoms. The summed E-state index contributed by atoms with van der Waals surface area (Å²) >= 11 is 0. The third kappa shape index (κ3) is 2.31. The molecule has 3 N–H and O–H groups in total. The molecule has 0 saturated carbocycles. The molecule has 0 aliphatic carbocycles. The first-order valence-corrected chi connectivity index (χ1v) is 7.54. The van der Waals surface area contributed by atoms with Crippen LogP contribution in [0.4, 0.5) is 5.69 Å². The van der Waals surface area contributed by atoms with Gasteiger partial charge >= 0.3 is 0 Å². The summed E-state index contributed by atoms with van der Waals surface area (Å²) in [4.78, 5) is 18.2. The van der Waals surface area contributed by atoms with Crippen molar-refractivity contribution in [3.63, 3.8) is 0 Å². The number of fused-ring (bicyclic) bond motifs is 1. The fourth-order valence-electron chi connectivity index (χ4n) is 3.30. The molecule has 116 valence electrons. The lowest BCUT2D eigenvalue weighted by atomic mass is 9.91. The number of hydrogen-bond donors (Lipinski definition) is 2. The van der Waals surface area contributed by atoms with Crippen molar-refractivity contribution in [2.75, 3.05) is 18.0 Å². The predicted octanol–water partition coefficient (Wildman–Crippen LogP) is 1.67. The third-order valence-corrected chi connectivity index (χ3v) is 4.50. The summed E-state index contributed by atoms with van der Waals surface area (Å²) in [5.74, 6) is -0.649. The Morgan fingerprint density at radius 1 is 1.36 bits per heavy atom. The number of carbonyl (C=O) groups is 1. The summed E-state index contributed by atoms with van der Waals surface area (Å²) in [6, 6.07) is 6.08. The maximum absolute atomic E-state index is 11.6. The van der Waals surface area contributed by atoms with Crippen molar-refractivity contribution in [1.29, 1.82) is 0 Å². The smallest absolute Gasteiger partial charge is 0.251 e.